The lowest BCUT2D eigenvalue weighted by atomic mass is 9.81. The predicted octanol–water partition coefficient (Wildman–Crippen LogP) is 14.8. The van der Waals surface area contributed by atoms with E-state index in [-0.39, 0.29) is 5.41 Å². The molecule has 0 unspecified atom stereocenters. The zero-order valence-corrected chi connectivity index (χ0v) is 30.5. The van der Waals surface area contributed by atoms with Crippen molar-refractivity contribution in [2.75, 3.05) is 4.90 Å². The quantitative estimate of drug-likeness (QED) is 0.168. The Bertz CT molecular complexity index is 2830. The van der Waals surface area contributed by atoms with Crippen LogP contribution in [0.5, 0.6) is 0 Å². The number of hydrogen-bond acceptors (Lipinski definition) is 1. The molecular weight excluding hydrogens is 651 g/mol. The Labute approximate surface area is 317 Å². The molecule has 0 amide bonds. The minimum Gasteiger partial charge on any atom is -0.310 e. The van der Waals surface area contributed by atoms with Crippen molar-refractivity contribution in [3.63, 3.8) is 0 Å². The van der Waals surface area contributed by atoms with E-state index in [0.29, 0.717) is 0 Å². The molecular formula is C53H39N. The summed E-state index contributed by atoms with van der Waals surface area (Å²) in [6.07, 6.45) is 0. The molecule has 0 saturated heterocycles. The molecule has 0 bridgehead atoms. The first-order chi connectivity index (χ1) is 26.5. The smallest absolute Gasteiger partial charge is 0.0468 e. The lowest BCUT2D eigenvalue weighted by Gasteiger charge is -2.28. The highest BCUT2D eigenvalue weighted by Crippen LogP contribution is 2.53. The second-order valence-corrected chi connectivity index (χ2v) is 15.0. The largest absolute Gasteiger partial charge is 0.310 e. The molecule has 0 aromatic heterocycles. The molecule has 0 radical (unpaired) electrons. The molecule has 0 saturated carbocycles. The van der Waals surface area contributed by atoms with Gasteiger partial charge in [0.1, 0.15) is 0 Å². The number of anilines is 3. The Balaban J connectivity index is 1.11. The van der Waals surface area contributed by atoms with Crippen molar-refractivity contribution in [3.8, 4) is 44.5 Å². The van der Waals surface area contributed by atoms with Crippen LogP contribution in [0.2, 0.25) is 0 Å². The van der Waals surface area contributed by atoms with Gasteiger partial charge in [-0.3, -0.25) is 0 Å². The van der Waals surface area contributed by atoms with Gasteiger partial charge in [-0.15, -0.1) is 0 Å². The van der Waals surface area contributed by atoms with Crippen molar-refractivity contribution < 1.29 is 0 Å². The summed E-state index contributed by atoms with van der Waals surface area (Å²) in [5.74, 6) is 0. The first kappa shape index (κ1) is 32.0. The Morgan fingerprint density at radius 2 is 0.944 bits per heavy atom. The zero-order valence-electron chi connectivity index (χ0n) is 30.5. The molecule has 9 aromatic carbocycles. The minimum absolute atomic E-state index is 0.156. The van der Waals surface area contributed by atoms with Gasteiger partial charge in [-0.05, 0) is 126 Å². The maximum Gasteiger partial charge on any atom is 0.0468 e. The highest BCUT2D eigenvalue weighted by molar-refractivity contribution is 6.00. The molecule has 1 nitrogen and oxygen atoms in total. The topological polar surface area (TPSA) is 3.24 Å². The van der Waals surface area contributed by atoms with Crippen LogP contribution in [0.3, 0.4) is 0 Å². The molecule has 9 aromatic rings. The molecule has 0 aliphatic heterocycles. The third-order valence-corrected chi connectivity index (χ3v) is 11.4. The number of nitrogens with zero attached hydrogens (tertiary/aromatic N) is 1. The van der Waals surface area contributed by atoms with E-state index in [0.717, 1.165) is 17.1 Å². The van der Waals surface area contributed by atoms with Crippen LogP contribution in [0, 0.1) is 0 Å². The van der Waals surface area contributed by atoms with Crippen molar-refractivity contribution >= 4 is 38.6 Å². The molecule has 54 heavy (non-hydrogen) atoms. The minimum atomic E-state index is -0.156. The molecule has 0 spiro atoms. The summed E-state index contributed by atoms with van der Waals surface area (Å²) < 4.78 is 0. The van der Waals surface area contributed by atoms with E-state index in [1.54, 1.807) is 0 Å². The van der Waals surface area contributed by atoms with E-state index in [1.807, 2.05) is 0 Å². The maximum atomic E-state index is 2.43. The highest BCUT2D eigenvalue weighted by Gasteiger charge is 2.37. The Kier molecular flexibility index (Phi) is 7.56. The third-order valence-electron chi connectivity index (χ3n) is 11.4. The first-order valence-corrected chi connectivity index (χ1v) is 18.8. The van der Waals surface area contributed by atoms with Gasteiger partial charge in [-0.2, -0.15) is 0 Å². The molecule has 10 rings (SSSR count). The summed E-state index contributed by atoms with van der Waals surface area (Å²) >= 11 is 0. The SMILES string of the molecule is CC1(C)c2cc(N(c3ccc(-c4cc(-c5ccccc5)c5ccccc5c4)cc3)c3ccc4ccccc4c3)ccc2-c2c(-c3ccccc3)cccc21. The van der Waals surface area contributed by atoms with Gasteiger partial charge in [0.2, 0.25) is 0 Å². The predicted molar refractivity (Wildman–Crippen MR) is 230 cm³/mol. The molecule has 1 aliphatic rings. The second kappa shape index (κ2) is 12.8. The summed E-state index contributed by atoms with van der Waals surface area (Å²) in [7, 11) is 0. The average molecular weight is 690 g/mol. The van der Waals surface area contributed by atoms with Gasteiger partial charge in [0.15, 0.2) is 0 Å². The van der Waals surface area contributed by atoms with Gasteiger partial charge in [0, 0.05) is 22.5 Å². The van der Waals surface area contributed by atoms with Crippen LogP contribution in [0.25, 0.3) is 66.1 Å². The number of rotatable bonds is 6. The van der Waals surface area contributed by atoms with E-state index in [4.69, 9.17) is 0 Å². The standard InChI is InChI=1S/C53H39N/c1-53(2)50-23-13-22-47(38-15-5-3-6-16-38)52(50)48-31-30-45(35-51(48)53)54(44-29-26-36-14-9-10-19-40(36)33-44)43-27-24-37(25-28-43)42-32-41-20-11-12-21-46(41)49(34-42)39-17-7-4-8-18-39/h3-35H,1-2H3. The van der Waals surface area contributed by atoms with Gasteiger partial charge in [-0.25, -0.2) is 0 Å². The summed E-state index contributed by atoms with van der Waals surface area (Å²) in [4.78, 5) is 2.42. The second-order valence-electron chi connectivity index (χ2n) is 15.0. The average Bonchev–Trinajstić information content (AvgIpc) is 3.47. The summed E-state index contributed by atoms with van der Waals surface area (Å²) in [6, 6.07) is 73.4. The Hall–Kier alpha value is -6.70. The lowest BCUT2D eigenvalue weighted by molar-refractivity contribution is 0.660. The van der Waals surface area contributed by atoms with E-state index in [2.05, 4.69) is 219 Å². The third kappa shape index (κ3) is 5.32. The van der Waals surface area contributed by atoms with E-state index >= 15 is 0 Å². The van der Waals surface area contributed by atoms with Crippen molar-refractivity contribution in [2.45, 2.75) is 19.3 Å². The first-order valence-electron chi connectivity index (χ1n) is 18.8. The van der Waals surface area contributed by atoms with Gasteiger partial charge >= 0.3 is 0 Å². The van der Waals surface area contributed by atoms with Crippen molar-refractivity contribution in [2.24, 2.45) is 0 Å². The van der Waals surface area contributed by atoms with Crippen molar-refractivity contribution in [1.82, 2.24) is 0 Å². The van der Waals surface area contributed by atoms with Gasteiger partial charge in [-0.1, -0.05) is 166 Å². The van der Waals surface area contributed by atoms with Crippen molar-refractivity contribution in [1.29, 1.82) is 0 Å². The Morgan fingerprint density at radius 3 is 1.70 bits per heavy atom. The van der Waals surface area contributed by atoms with Crippen LogP contribution >= 0.6 is 0 Å². The fourth-order valence-electron chi connectivity index (χ4n) is 8.67. The number of benzene rings is 9. The number of fused-ring (bicyclic) bond motifs is 5. The molecule has 0 atom stereocenters. The fraction of sp³-hybridized carbons (Fsp3) is 0.0566. The molecule has 0 N–H and O–H groups in total. The molecule has 0 heterocycles. The van der Waals surface area contributed by atoms with Crippen LogP contribution in [-0.2, 0) is 5.41 Å². The normalized spacial score (nSPS) is 12.8. The van der Waals surface area contributed by atoms with Crippen molar-refractivity contribution in [3.05, 3.63) is 211 Å². The van der Waals surface area contributed by atoms with Crippen LogP contribution in [-0.4, -0.2) is 0 Å². The number of hydrogen-bond donors (Lipinski definition) is 0. The van der Waals surface area contributed by atoms with Crippen LogP contribution in [0.15, 0.2) is 200 Å². The van der Waals surface area contributed by atoms with Gasteiger partial charge in [0.25, 0.3) is 0 Å². The van der Waals surface area contributed by atoms with Gasteiger partial charge in [0.05, 0.1) is 0 Å². The van der Waals surface area contributed by atoms with Crippen LogP contribution in [0.1, 0.15) is 25.0 Å². The summed E-state index contributed by atoms with van der Waals surface area (Å²) in [5.41, 5.74) is 16.1. The molecule has 1 heteroatoms. The lowest BCUT2D eigenvalue weighted by Crippen LogP contribution is -2.16. The van der Waals surface area contributed by atoms with E-state index in [9.17, 15) is 0 Å². The zero-order chi connectivity index (χ0) is 36.2. The van der Waals surface area contributed by atoms with Crippen LogP contribution < -0.4 is 4.90 Å². The summed E-state index contributed by atoms with van der Waals surface area (Å²) in [6.45, 7) is 4.75. The van der Waals surface area contributed by atoms with E-state index < -0.39 is 0 Å². The van der Waals surface area contributed by atoms with Crippen LogP contribution in [0.4, 0.5) is 17.1 Å². The molecule has 256 valence electrons. The molecule has 1 aliphatic carbocycles. The fourth-order valence-corrected chi connectivity index (χ4v) is 8.67. The maximum absolute atomic E-state index is 2.43. The molecule has 0 fully saturated rings. The summed E-state index contributed by atoms with van der Waals surface area (Å²) in [5, 5.41) is 4.97. The monoisotopic (exact) mass is 689 g/mol. The highest BCUT2D eigenvalue weighted by atomic mass is 15.1. The van der Waals surface area contributed by atoms with E-state index in [1.165, 1.54) is 77.2 Å². The Morgan fingerprint density at radius 1 is 0.333 bits per heavy atom. The van der Waals surface area contributed by atoms with Gasteiger partial charge < -0.3 is 4.90 Å².